The fraction of sp³-hybridized carbons (Fsp3) is 0.850. The van der Waals surface area contributed by atoms with Crippen molar-refractivity contribution in [3.8, 4) is 0 Å². The van der Waals surface area contributed by atoms with Crippen molar-refractivity contribution >= 4 is 18.0 Å². The van der Waals surface area contributed by atoms with E-state index < -0.39 is 5.60 Å². The van der Waals surface area contributed by atoms with Gasteiger partial charge in [-0.3, -0.25) is 9.59 Å². The highest BCUT2D eigenvalue weighted by atomic mass is 16.6. The molecule has 0 bridgehead atoms. The van der Waals surface area contributed by atoms with Crippen molar-refractivity contribution in [1.82, 2.24) is 10.2 Å². The van der Waals surface area contributed by atoms with Gasteiger partial charge >= 0.3 is 12.1 Å². The van der Waals surface area contributed by atoms with Gasteiger partial charge in [0, 0.05) is 19.1 Å². The molecule has 7 heteroatoms. The SMILES string of the molecule is C[C@@H]1CCCC[C@@H]1NC(=O)COC(=O)C1CCN(C(=O)OC(C)(C)C)CC1. The summed E-state index contributed by atoms with van der Waals surface area (Å²) in [5.74, 6) is -0.389. The topological polar surface area (TPSA) is 84.9 Å². The molecule has 0 aromatic heterocycles. The van der Waals surface area contributed by atoms with Gasteiger partial charge in [-0.25, -0.2) is 4.79 Å². The molecule has 2 amide bonds. The smallest absolute Gasteiger partial charge is 0.410 e. The van der Waals surface area contributed by atoms with Gasteiger partial charge in [-0.15, -0.1) is 0 Å². The van der Waals surface area contributed by atoms with Gasteiger partial charge in [-0.05, 0) is 52.4 Å². The second kappa shape index (κ2) is 9.42. The van der Waals surface area contributed by atoms with Crippen molar-refractivity contribution in [3.05, 3.63) is 0 Å². The first-order valence-corrected chi connectivity index (χ1v) is 10.1. The average Bonchev–Trinajstić information content (AvgIpc) is 2.60. The standard InChI is InChI=1S/C20H34N2O5/c1-14-7-5-6-8-16(14)21-17(23)13-26-18(24)15-9-11-22(12-10-15)19(25)27-20(2,3)4/h14-16H,5-13H2,1-4H3,(H,21,23)/t14-,16+/m1/s1. The monoisotopic (exact) mass is 382 g/mol. The molecule has 2 rings (SSSR count). The van der Waals surface area contributed by atoms with Crippen LogP contribution in [-0.4, -0.2) is 54.2 Å². The van der Waals surface area contributed by atoms with E-state index >= 15 is 0 Å². The zero-order valence-corrected chi connectivity index (χ0v) is 17.1. The van der Waals surface area contributed by atoms with Crippen molar-refractivity contribution < 1.29 is 23.9 Å². The van der Waals surface area contributed by atoms with Crippen molar-refractivity contribution in [2.45, 2.75) is 77.9 Å². The van der Waals surface area contributed by atoms with Crippen LogP contribution in [0, 0.1) is 11.8 Å². The van der Waals surface area contributed by atoms with Crippen LogP contribution in [0.3, 0.4) is 0 Å². The molecule has 0 aromatic carbocycles. The number of rotatable bonds is 4. The van der Waals surface area contributed by atoms with Crippen LogP contribution in [0.15, 0.2) is 0 Å². The minimum atomic E-state index is -0.532. The predicted octanol–water partition coefficient (Wildman–Crippen LogP) is 2.87. The minimum Gasteiger partial charge on any atom is -0.455 e. The molecule has 1 aliphatic heterocycles. The van der Waals surface area contributed by atoms with Gasteiger partial charge in [-0.2, -0.15) is 0 Å². The van der Waals surface area contributed by atoms with Crippen molar-refractivity contribution in [1.29, 1.82) is 0 Å². The molecule has 0 spiro atoms. The number of ether oxygens (including phenoxy) is 2. The highest BCUT2D eigenvalue weighted by Gasteiger charge is 2.31. The van der Waals surface area contributed by atoms with Gasteiger partial charge in [0.15, 0.2) is 6.61 Å². The third kappa shape index (κ3) is 7.03. The van der Waals surface area contributed by atoms with Crippen molar-refractivity contribution in [2.75, 3.05) is 19.7 Å². The van der Waals surface area contributed by atoms with Crippen LogP contribution in [0.2, 0.25) is 0 Å². The van der Waals surface area contributed by atoms with Gasteiger partial charge in [0.05, 0.1) is 5.92 Å². The molecule has 154 valence electrons. The lowest BCUT2D eigenvalue weighted by Crippen LogP contribution is -2.44. The Balaban J connectivity index is 1.68. The Labute approximate surface area is 162 Å². The zero-order valence-electron chi connectivity index (χ0n) is 17.1. The lowest BCUT2D eigenvalue weighted by Gasteiger charge is -2.32. The van der Waals surface area contributed by atoms with E-state index in [-0.39, 0.29) is 36.5 Å². The number of amides is 2. The summed E-state index contributed by atoms with van der Waals surface area (Å²) in [6, 6.07) is 0.182. The Morgan fingerprint density at radius 1 is 1.04 bits per heavy atom. The minimum absolute atomic E-state index is 0.182. The summed E-state index contributed by atoms with van der Waals surface area (Å²) >= 11 is 0. The number of piperidine rings is 1. The Bertz CT molecular complexity index is 535. The lowest BCUT2D eigenvalue weighted by atomic mass is 9.86. The van der Waals surface area contributed by atoms with Crippen LogP contribution in [0.1, 0.15) is 66.2 Å². The number of carbonyl (C=O) groups excluding carboxylic acids is 3. The van der Waals surface area contributed by atoms with Crippen LogP contribution < -0.4 is 5.32 Å². The highest BCUT2D eigenvalue weighted by Crippen LogP contribution is 2.24. The van der Waals surface area contributed by atoms with Crippen LogP contribution >= 0.6 is 0 Å². The highest BCUT2D eigenvalue weighted by molar-refractivity contribution is 5.81. The number of carbonyl (C=O) groups is 3. The molecule has 1 N–H and O–H groups in total. The van der Waals surface area contributed by atoms with Crippen LogP contribution in [-0.2, 0) is 19.1 Å². The maximum absolute atomic E-state index is 12.2. The summed E-state index contributed by atoms with van der Waals surface area (Å²) in [5.41, 5.74) is -0.532. The van der Waals surface area contributed by atoms with Gasteiger partial charge in [-0.1, -0.05) is 19.8 Å². The number of hydrogen-bond acceptors (Lipinski definition) is 5. The third-order valence-corrected chi connectivity index (χ3v) is 5.28. The van der Waals surface area contributed by atoms with Gasteiger partial charge in [0.25, 0.3) is 5.91 Å². The van der Waals surface area contributed by atoms with E-state index in [4.69, 9.17) is 9.47 Å². The Morgan fingerprint density at radius 2 is 1.67 bits per heavy atom. The summed E-state index contributed by atoms with van der Waals surface area (Å²) in [6.07, 6.45) is 5.16. The number of hydrogen-bond donors (Lipinski definition) is 1. The number of nitrogens with one attached hydrogen (secondary N) is 1. The zero-order chi connectivity index (χ0) is 20.0. The quantitative estimate of drug-likeness (QED) is 0.756. The average molecular weight is 383 g/mol. The number of nitrogens with zero attached hydrogens (tertiary/aromatic N) is 1. The molecule has 1 heterocycles. The molecule has 0 unspecified atom stereocenters. The molecule has 2 fully saturated rings. The number of esters is 1. The summed E-state index contributed by atoms with van der Waals surface area (Å²) in [4.78, 5) is 38.0. The second-order valence-corrected chi connectivity index (χ2v) is 8.79. The van der Waals surface area contributed by atoms with Crippen LogP contribution in [0.5, 0.6) is 0 Å². The first-order chi connectivity index (χ1) is 12.7. The van der Waals surface area contributed by atoms with E-state index in [1.807, 2.05) is 20.8 Å². The normalized spacial score (nSPS) is 24.2. The summed E-state index contributed by atoms with van der Waals surface area (Å²) in [6.45, 7) is 8.32. The summed E-state index contributed by atoms with van der Waals surface area (Å²) < 4.78 is 10.6. The molecule has 7 nitrogen and oxygen atoms in total. The maximum Gasteiger partial charge on any atom is 0.410 e. The summed E-state index contributed by atoms with van der Waals surface area (Å²) in [5, 5.41) is 2.99. The molecule has 0 radical (unpaired) electrons. The maximum atomic E-state index is 12.2. The van der Waals surface area contributed by atoms with E-state index in [0.717, 1.165) is 19.3 Å². The fourth-order valence-electron chi connectivity index (χ4n) is 3.66. The third-order valence-electron chi connectivity index (χ3n) is 5.28. The molecular formula is C20H34N2O5. The van der Waals surface area contributed by atoms with Crippen LogP contribution in [0.4, 0.5) is 4.79 Å². The van der Waals surface area contributed by atoms with Gasteiger partial charge < -0.3 is 19.7 Å². The lowest BCUT2D eigenvalue weighted by molar-refractivity contribution is -0.154. The Morgan fingerprint density at radius 3 is 2.26 bits per heavy atom. The van der Waals surface area contributed by atoms with E-state index in [1.54, 1.807) is 4.90 Å². The predicted molar refractivity (Wildman–Crippen MR) is 101 cm³/mol. The molecule has 0 aromatic rings. The molecule has 27 heavy (non-hydrogen) atoms. The first kappa shape index (κ1) is 21.5. The second-order valence-electron chi connectivity index (χ2n) is 8.79. The molecule has 2 aliphatic rings. The molecule has 1 saturated heterocycles. The Hall–Kier alpha value is -1.79. The summed E-state index contributed by atoms with van der Waals surface area (Å²) in [7, 11) is 0. The molecule has 2 atom stereocenters. The molecular weight excluding hydrogens is 348 g/mol. The molecule has 1 aliphatic carbocycles. The number of likely N-dealkylation sites (tertiary alicyclic amines) is 1. The largest absolute Gasteiger partial charge is 0.455 e. The van der Waals surface area contributed by atoms with Crippen LogP contribution in [0.25, 0.3) is 0 Å². The van der Waals surface area contributed by atoms with Gasteiger partial charge in [0.2, 0.25) is 0 Å². The Kier molecular flexibility index (Phi) is 7.50. The van der Waals surface area contributed by atoms with Crippen molar-refractivity contribution in [3.63, 3.8) is 0 Å². The molecule has 1 saturated carbocycles. The van der Waals surface area contributed by atoms with Gasteiger partial charge in [0.1, 0.15) is 5.60 Å². The van der Waals surface area contributed by atoms with E-state index in [1.165, 1.54) is 6.42 Å². The van der Waals surface area contributed by atoms with E-state index in [2.05, 4.69) is 12.2 Å². The fourth-order valence-corrected chi connectivity index (χ4v) is 3.66. The first-order valence-electron chi connectivity index (χ1n) is 10.1. The van der Waals surface area contributed by atoms with E-state index in [0.29, 0.717) is 31.8 Å². The van der Waals surface area contributed by atoms with E-state index in [9.17, 15) is 14.4 Å². The van der Waals surface area contributed by atoms with Crippen molar-refractivity contribution in [2.24, 2.45) is 11.8 Å².